The lowest BCUT2D eigenvalue weighted by Gasteiger charge is -2.11. The maximum atomic E-state index is 5.03. The first-order valence-corrected chi connectivity index (χ1v) is 9.33. The third kappa shape index (κ3) is 2.36. The zero-order valence-electron chi connectivity index (χ0n) is 13.9. The van der Waals surface area contributed by atoms with Gasteiger partial charge >= 0.3 is 0 Å². The first-order chi connectivity index (χ1) is 12.8. The van der Waals surface area contributed by atoms with Crippen molar-refractivity contribution in [1.29, 1.82) is 0 Å². The standard InChI is InChI=1S/C23H15BrN2/c24-20-15-17-11-7-8-14-19(17)22-21(20)25-23(16-9-3-1-4-10-16)26(22)18-12-5-2-6-13-18/h1-15H. The van der Waals surface area contributed by atoms with E-state index in [9.17, 15) is 0 Å². The average molecular weight is 399 g/mol. The molecule has 0 unspecified atom stereocenters. The molecule has 0 N–H and O–H groups in total. The van der Waals surface area contributed by atoms with Gasteiger partial charge < -0.3 is 0 Å². The van der Waals surface area contributed by atoms with Gasteiger partial charge in [-0.15, -0.1) is 0 Å². The predicted octanol–water partition coefficient (Wildman–Crippen LogP) is 6.61. The Morgan fingerprint density at radius 3 is 2.15 bits per heavy atom. The van der Waals surface area contributed by atoms with Crippen LogP contribution < -0.4 is 0 Å². The normalized spacial score (nSPS) is 11.3. The zero-order chi connectivity index (χ0) is 17.5. The van der Waals surface area contributed by atoms with Crippen LogP contribution in [0.2, 0.25) is 0 Å². The van der Waals surface area contributed by atoms with Gasteiger partial charge in [-0.25, -0.2) is 4.98 Å². The Balaban J connectivity index is 2.00. The Hall–Kier alpha value is -2.91. The number of benzene rings is 4. The lowest BCUT2D eigenvalue weighted by molar-refractivity contribution is 1.11. The molecule has 0 bridgehead atoms. The molecule has 26 heavy (non-hydrogen) atoms. The Labute approximate surface area is 159 Å². The quantitative estimate of drug-likeness (QED) is 0.327. The first kappa shape index (κ1) is 15.4. The summed E-state index contributed by atoms with van der Waals surface area (Å²) in [7, 11) is 0. The number of halogens is 1. The SMILES string of the molecule is Brc1cc2ccccc2c2c1nc(-c1ccccc1)n2-c1ccccc1. The first-order valence-electron chi connectivity index (χ1n) is 8.53. The second-order valence-corrected chi connectivity index (χ2v) is 7.10. The molecule has 0 saturated heterocycles. The second kappa shape index (κ2) is 6.11. The monoisotopic (exact) mass is 398 g/mol. The van der Waals surface area contributed by atoms with Gasteiger partial charge in [-0.3, -0.25) is 4.57 Å². The number of hydrogen-bond acceptors (Lipinski definition) is 1. The van der Waals surface area contributed by atoms with Gasteiger partial charge in [0.05, 0.1) is 5.52 Å². The van der Waals surface area contributed by atoms with Gasteiger partial charge in [0.1, 0.15) is 11.3 Å². The lowest BCUT2D eigenvalue weighted by Crippen LogP contribution is -1.97. The second-order valence-electron chi connectivity index (χ2n) is 6.25. The van der Waals surface area contributed by atoms with Crippen molar-refractivity contribution < 1.29 is 0 Å². The fraction of sp³-hybridized carbons (Fsp3) is 0. The molecule has 0 aliphatic heterocycles. The van der Waals surface area contributed by atoms with Crippen LogP contribution in [0.1, 0.15) is 0 Å². The molecule has 0 aliphatic rings. The van der Waals surface area contributed by atoms with Crippen LogP contribution in [0.5, 0.6) is 0 Å². The van der Waals surface area contributed by atoms with Crippen LogP contribution in [-0.4, -0.2) is 9.55 Å². The minimum Gasteiger partial charge on any atom is -0.292 e. The van der Waals surface area contributed by atoms with Gasteiger partial charge in [0.15, 0.2) is 0 Å². The summed E-state index contributed by atoms with van der Waals surface area (Å²) >= 11 is 3.73. The van der Waals surface area contributed by atoms with Crippen LogP contribution >= 0.6 is 15.9 Å². The van der Waals surface area contributed by atoms with Crippen molar-refractivity contribution in [2.45, 2.75) is 0 Å². The average Bonchev–Trinajstić information content (AvgIpc) is 3.11. The van der Waals surface area contributed by atoms with Crippen molar-refractivity contribution in [1.82, 2.24) is 9.55 Å². The lowest BCUT2D eigenvalue weighted by atomic mass is 10.1. The number of hydrogen-bond donors (Lipinski definition) is 0. The number of fused-ring (bicyclic) bond motifs is 3. The summed E-state index contributed by atoms with van der Waals surface area (Å²) in [6.45, 7) is 0. The Morgan fingerprint density at radius 2 is 1.38 bits per heavy atom. The van der Waals surface area contributed by atoms with Crippen LogP contribution in [0, 0.1) is 0 Å². The van der Waals surface area contributed by atoms with Crippen LogP contribution in [-0.2, 0) is 0 Å². The van der Waals surface area contributed by atoms with Gasteiger partial charge in [-0.1, -0.05) is 72.8 Å². The highest BCUT2D eigenvalue weighted by Gasteiger charge is 2.18. The van der Waals surface area contributed by atoms with Crippen molar-refractivity contribution in [2.75, 3.05) is 0 Å². The largest absolute Gasteiger partial charge is 0.292 e. The third-order valence-corrected chi connectivity index (χ3v) is 5.25. The molecular weight excluding hydrogens is 384 g/mol. The predicted molar refractivity (Wildman–Crippen MR) is 112 cm³/mol. The molecule has 0 fully saturated rings. The summed E-state index contributed by atoms with van der Waals surface area (Å²) < 4.78 is 3.27. The highest BCUT2D eigenvalue weighted by Crippen LogP contribution is 2.37. The molecule has 0 spiro atoms. The zero-order valence-corrected chi connectivity index (χ0v) is 15.5. The fourth-order valence-corrected chi connectivity index (χ4v) is 4.01. The summed E-state index contributed by atoms with van der Waals surface area (Å²) in [4.78, 5) is 5.03. The Morgan fingerprint density at radius 1 is 0.731 bits per heavy atom. The van der Waals surface area contributed by atoms with Crippen molar-refractivity contribution in [3.8, 4) is 17.1 Å². The van der Waals surface area contributed by atoms with Crippen molar-refractivity contribution >= 4 is 37.7 Å². The van der Waals surface area contributed by atoms with Crippen LogP contribution in [0.25, 0.3) is 38.9 Å². The number of rotatable bonds is 2. The number of nitrogens with zero attached hydrogens (tertiary/aromatic N) is 2. The molecule has 2 nitrogen and oxygen atoms in total. The molecule has 0 saturated carbocycles. The molecule has 3 heteroatoms. The van der Waals surface area contributed by atoms with E-state index in [2.05, 4.69) is 99.4 Å². The summed E-state index contributed by atoms with van der Waals surface area (Å²) in [6, 6.07) is 31.4. The molecule has 0 amide bonds. The topological polar surface area (TPSA) is 17.8 Å². The maximum absolute atomic E-state index is 5.03. The van der Waals surface area contributed by atoms with E-state index in [4.69, 9.17) is 4.98 Å². The van der Waals surface area contributed by atoms with E-state index in [1.54, 1.807) is 0 Å². The molecule has 5 rings (SSSR count). The number of imidazole rings is 1. The minimum absolute atomic E-state index is 0.948. The molecule has 5 aromatic rings. The Bertz CT molecular complexity index is 1230. The molecule has 4 aromatic carbocycles. The molecular formula is C23H15BrN2. The highest BCUT2D eigenvalue weighted by atomic mass is 79.9. The Kier molecular flexibility index (Phi) is 3.61. The van der Waals surface area contributed by atoms with E-state index in [0.29, 0.717) is 0 Å². The van der Waals surface area contributed by atoms with Crippen molar-refractivity contribution in [2.24, 2.45) is 0 Å². The minimum atomic E-state index is 0.948. The van der Waals surface area contributed by atoms with E-state index in [-0.39, 0.29) is 0 Å². The van der Waals surface area contributed by atoms with Gasteiger partial charge in [0.25, 0.3) is 0 Å². The van der Waals surface area contributed by atoms with Crippen LogP contribution in [0.4, 0.5) is 0 Å². The molecule has 0 aliphatic carbocycles. The van der Waals surface area contributed by atoms with E-state index in [0.717, 1.165) is 32.6 Å². The van der Waals surface area contributed by atoms with E-state index >= 15 is 0 Å². The highest BCUT2D eigenvalue weighted by molar-refractivity contribution is 9.10. The maximum Gasteiger partial charge on any atom is 0.145 e. The summed E-state index contributed by atoms with van der Waals surface area (Å²) in [5.41, 5.74) is 4.31. The number of para-hydroxylation sites is 1. The van der Waals surface area contributed by atoms with Gasteiger partial charge in [0, 0.05) is 21.1 Å². The third-order valence-electron chi connectivity index (χ3n) is 4.65. The van der Waals surface area contributed by atoms with Gasteiger partial charge in [-0.05, 0) is 39.5 Å². The van der Waals surface area contributed by atoms with Gasteiger partial charge in [0.2, 0.25) is 0 Å². The van der Waals surface area contributed by atoms with Crippen LogP contribution in [0.3, 0.4) is 0 Å². The summed E-state index contributed by atoms with van der Waals surface area (Å²) in [5, 5.41) is 2.40. The number of aromatic nitrogens is 2. The van der Waals surface area contributed by atoms with Crippen molar-refractivity contribution in [3.63, 3.8) is 0 Å². The molecule has 1 aromatic heterocycles. The van der Waals surface area contributed by atoms with E-state index in [1.165, 1.54) is 10.8 Å². The van der Waals surface area contributed by atoms with Crippen LogP contribution in [0.15, 0.2) is 95.5 Å². The molecule has 0 radical (unpaired) electrons. The van der Waals surface area contributed by atoms with E-state index in [1.807, 2.05) is 12.1 Å². The smallest absolute Gasteiger partial charge is 0.145 e. The van der Waals surface area contributed by atoms with Gasteiger partial charge in [-0.2, -0.15) is 0 Å². The van der Waals surface area contributed by atoms with Crippen molar-refractivity contribution in [3.05, 3.63) is 95.5 Å². The molecule has 124 valence electrons. The molecule has 0 atom stereocenters. The van der Waals surface area contributed by atoms with E-state index < -0.39 is 0 Å². The molecule has 1 heterocycles. The summed E-state index contributed by atoms with van der Waals surface area (Å²) in [6.07, 6.45) is 0. The fourth-order valence-electron chi connectivity index (χ4n) is 3.49. The summed E-state index contributed by atoms with van der Waals surface area (Å²) in [5.74, 6) is 0.948.